The highest BCUT2D eigenvalue weighted by Gasteiger charge is 2.18. The Kier molecular flexibility index (Phi) is 5.68. The van der Waals surface area contributed by atoms with Gasteiger partial charge in [0.05, 0.1) is 5.38 Å². The number of hydrogen-bond acceptors (Lipinski definition) is 1. The molecule has 0 saturated carbocycles. The summed E-state index contributed by atoms with van der Waals surface area (Å²) in [5, 5.41) is 0.0866. The summed E-state index contributed by atoms with van der Waals surface area (Å²) < 4.78 is 0. The summed E-state index contributed by atoms with van der Waals surface area (Å²) in [5.41, 5.74) is 6.73. The van der Waals surface area contributed by atoms with E-state index in [4.69, 9.17) is 11.6 Å². The Balaban J connectivity index is 3.08. The molecular weight excluding hydrogens is 242 g/mol. The molecule has 1 nitrogen and oxygen atoms in total. The monoisotopic (exact) mass is 267 g/mol. The minimum Gasteiger partial charge on any atom is -0.302 e. The molecule has 0 radical (unpaired) electrons. The Morgan fingerprint density at radius 1 is 1.00 bits per heavy atom. The van der Waals surface area contributed by atoms with Crippen molar-refractivity contribution >= 4 is 11.6 Å². The van der Waals surface area contributed by atoms with Crippen molar-refractivity contribution in [3.05, 3.63) is 33.9 Å². The highest BCUT2D eigenvalue weighted by Crippen LogP contribution is 2.31. The zero-order valence-corrected chi connectivity index (χ0v) is 13.4. The van der Waals surface area contributed by atoms with Gasteiger partial charge in [0.25, 0.3) is 0 Å². The fraction of sp³-hybridized carbons (Fsp3) is 0.625. The quantitative estimate of drug-likeness (QED) is 0.708. The highest BCUT2D eigenvalue weighted by atomic mass is 35.5. The molecule has 0 aromatic heterocycles. The first-order chi connectivity index (χ1) is 8.42. The summed E-state index contributed by atoms with van der Waals surface area (Å²) in [6.45, 7) is 16.1. The number of hydrogen-bond donors (Lipinski definition) is 0. The SMILES string of the molecule is CCN(CC)CC(Cl)c1c(C)c(C)cc(C)c1C. The molecule has 1 aromatic rings. The molecule has 0 aliphatic heterocycles. The van der Waals surface area contributed by atoms with Crippen LogP contribution in [0.3, 0.4) is 0 Å². The average molecular weight is 268 g/mol. The van der Waals surface area contributed by atoms with Crippen LogP contribution in [0.25, 0.3) is 0 Å². The van der Waals surface area contributed by atoms with Crippen molar-refractivity contribution in [1.29, 1.82) is 0 Å². The maximum Gasteiger partial charge on any atom is 0.0717 e. The summed E-state index contributed by atoms with van der Waals surface area (Å²) in [5.74, 6) is 0. The van der Waals surface area contributed by atoms with Crippen LogP contribution >= 0.6 is 11.6 Å². The van der Waals surface area contributed by atoms with E-state index in [0.29, 0.717) is 0 Å². The normalized spacial score (nSPS) is 13.1. The number of likely N-dealkylation sites (N-methyl/N-ethyl adjacent to an activating group) is 1. The molecule has 0 aliphatic carbocycles. The van der Waals surface area contributed by atoms with Crippen LogP contribution in [0.15, 0.2) is 6.07 Å². The highest BCUT2D eigenvalue weighted by molar-refractivity contribution is 6.21. The fourth-order valence-electron chi connectivity index (χ4n) is 2.52. The van der Waals surface area contributed by atoms with Crippen LogP contribution in [0, 0.1) is 27.7 Å². The molecule has 0 aliphatic rings. The van der Waals surface area contributed by atoms with Crippen molar-refractivity contribution in [2.45, 2.75) is 46.9 Å². The Morgan fingerprint density at radius 2 is 1.44 bits per heavy atom. The molecule has 1 atom stereocenters. The van der Waals surface area contributed by atoms with Crippen LogP contribution in [0.4, 0.5) is 0 Å². The zero-order chi connectivity index (χ0) is 13.9. The maximum atomic E-state index is 6.67. The van der Waals surface area contributed by atoms with Gasteiger partial charge in [-0.2, -0.15) is 0 Å². The summed E-state index contributed by atoms with van der Waals surface area (Å²) in [6.07, 6.45) is 0. The third-order valence-electron chi connectivity index (χ3n) is 4.05. The van der Waals surface area contributed by atoms with Gasteiger partial charge in [-0.3, -0.25) is 0 Å². The predicted molar refractivity (Wildman–Crippen MR) is 81.8 cm³/mol. The van der Waals surface area contributed by atoms with Crippen molar-refractivity contribution in [3.63, 3.8) is 0 Å². The van der Waals surface area contributed by atoms with Crippen LogP contribution in [-0.2, 0) is 0 Å². The van der Waals surface area contributed by atoms with Crippen LogP contribution in [0.2, 0.25) is 0 Å². The minimum atomic E-state index is 0.0866. The molecule has 0 fully saturated rings. The first-order valence-electron chi connectivity index (χ1n) is 6.86. The van der Waals surface area contributed by atoms with Gasteiger partial charge in [0.15, 0.2) is 0 Å². The summed E-state index contributed by atoms with van der Waals surface area (Å²) >= 11 is 6.67. The van der Waals surface area contributed by atoms with E-state index in [1.54, 1.807) is 0 Å². The molecule has 1 aromatic carbocycles. The van der Waals surface area contributed by atoms with E-state index in [1.807, 2.05) is 0 Å². The van der Waals surface area contributed by atoms with Crippen molar-refractivity contribution in [2.75, 3.05) is 19.6 Å². The number of benzene rings is 1. The number of alkyl halides is 1. The summed E-state index contributed by atoms with van der Waals surface area (Å²) in [6, 6.07) is 2.26. The van der Waals surface area contributed by atoms with Gasteiger partial charge in [0, 0.05) is 6.54 Å². The smallest absolute Gasteiger partial charge is 0.0717 e. The first kappa shape index (κ1) is 15.5. The van der Waals surface area contributed by atoms with Crippen molar-refractivity contribution in [2.24, 2.45) is 0 Å². The third-order valence-corrected chi connectivity index (χ3v) is 4.41. The number of nitrogens with zero attached hydrogens (tertiary/aromatic N) is 1. The van der Waals surface area contributed by atoms with Gasteiger partial charge in [-0.05, 0) is 68.6 Å². The van der Waals surface area contributed by atoms with Gasteiger partial charge in [-0.15, -0.1) is 11.6 Å². The second kappa shape index (κ2) is 6.58. The number of aryl methyl sites for hydroxylation is 2. The molecule has 18 heavy (non-hydrogen) atoms. The molecule has 1 unspecified atom stereocenters. The molecule has 0 saturated heterocycles. The summed E-state index contributed by atoms with van der Waals surface area (Å²) in [4.78, 5) is 2.38. The Bertz CT molecular complexity index is 382. The van der Waals surface area contributed by atoms with E-state index in [2.05, 4.69) is 52.5 Å². The maximum absolute atomic E-state index is 6.67. The van der Waals surface area contributed by atoms with Gasteiger partial charge in [0.2, 0.25) is 0 Å². The number of halogens is 1. The van der Waals surface area contributed by atoms with Crippen LogP contribution in [0.5, 0.6) is 0 Å². The second-order valence-electron chi connectivity index (χ2n) is 5.13. The molecule has 1 rings (SSSR count). The second-order valence-corrected chi connectivity index (χ2v) is 5.65. The number of rotatable bonds is 5. The van der Waals surface area contributed by atoms with Crippen molar-refractivity contribution < 1.29 is 0 Å². The van der Waals surface area contributed by atoms with Crippen LogP contribution in [0.1, 0.15) is 47.0 Å². The van der Waals surface area contributed by atoms with Gasteiger partial charge < -0.3 is 4.90 Å². The lowest BCUT2D eigenvalue weighted by Gasteiger charge is -2.25. The lowest BCUT2D eigenvalue weighted by molar-refractivity contribution is 0.303. The van der Waals surface area contributed by atoms with E-state index in [-0.39, 0.29) is 5.38 Å². The minimum absolute atomic E-state index is 0.0866. The van der Waals surface area contributed by atoms with Gasteiger partial charge in [-0.25, -0.2) is 0 Å². The Labute approximate surface area is 117 Å². The standard InChI is InChI=1S/C16H26ClN/c1-7-18(8-2)10-15(17)16-13(5)11(3)9-12(4)14(16)6/h9,15H,7-8,10H2,1-6H3. The van der Waals surface area contributed by atoms with Gasteiger partial charge in [0.1, 0.15) is 0 Å². The van der Waals surface area contributed by atoms with Crippen LogP contribution in [-0.4, -0.2) is 24.5 Å². The molecule has 2 heteroatoms. The van der Waals surface area contributed by atoms with Crippen molar-refractivity contribution in [1.82, 2.24) is 4.90 Å². The van der Waals surface area contributed by atoms with Crippen LogP contribution < -0.4 is 0 Å². The predicted octanol–water partition coefficient (Wildman–Crippen LogP) is 4.54. The summed E-state index contributed by atoms with van der Waals surface area (Å²) in [7, 11) is 0. The third kappa shape index (κ3) is 3.27. The van der Waals surface area contributed by atoms with Crippen molar-refractivity contribution in [3.8, 4) is 0 Å². The largest absolute Gasteiger partial charge is 0.302 e. The van der Waals surface area contributed by atoms with Gasteiger partial charge >= 0.3 is 0 Å². The van der Waals surface area contributed by atoms with Gasteiger partial charge in [-0.1, -0.05) is 19.9 Å². The average Bonchev–Trinajstić information content (AvgIpc) is 2.33. The van der Waals surface area contributed by atoms with E-state index in [0.717, 1.165) is 19.6 Å². The lowest BCUT2D eigenvalue weighted by Crippen LogP contribution is -2.27. The molecule has 0 N–H and O–H groups in total. The molecule has 0 spiro atoms. The Morgan fingerprint density at radius 3 is 1.83 bits per heavy atom. The topological polar surface area (TPSA) is 3.24 Å². The molecular formula is C16H26ClN. The van der Waals surface area contributed by atoms with E-state index >= 15 is 0 Å². The first-order valence-corrected chi connectivity index (χ1v) is 7.29. The Hall–Kier alpha value is -0.530. The van der Waals surface area contributed by atoms with E-state index < -0.39 is 0 Å². The molecule has 0 bridgehead atoms. The molecule has 102 valence electrons. The molecule has 0 heterocycles. The fourth-order valence-corrected chi connectivity index (χ4v) is 3.04. The van der Waals surface area contributed by atoms with E-state index in [9.17, 15) is 0 Å². The molecule has 0 amide bonds. The van der Waals surface area contributed by atoms with E-state index in [1.165, 1.54) is 27.8 Å². The zero-order valence-electron chi connectivity index (χ0n) is 12.6. The lowest BCUT2D eigenvalue weighted by atomic mass is 9.92.